The highest BCUT2D eigenvalue weighted by Gasteiger charge is 2.45. The van der Waals surface area contributed by atoms with Gasteiger partial charge in [0.05, 0.1) is 11.6 Å². The van der Waals surface area contributed by atoms with Crippen molar-refractivity contribution in [1.82, 2.24) is 15.1 Å². The van der Waals surface area contributed by atoms with Crippen molar-refractivity contribution in [3.63, 3.8) is 0 Å². The molecule has 0 saturated heterocycles. The van der Waals surface area contributed by atoms with Crippen LogP contribution >= 0.6 is 0 Å². The minimum absolute atomic E-state index is 0.0208. The third-order valence-electron chi connectivity index (χ3n) is 4.88. The van der Waals surface area contributed by atoms with Crippen LogP contribution in [-0.4, -0.2) is 40.3 Å². The van der Waals surface area contributed by atoms with Gasteiger partial charge in [-0.1, -0.05) is 29.8 Å². The Hall–Kier alpha value is -2.17. The second-order valence-electron chi connectivity index (χ2n) is 6.58. The molecule has 120 valence electrons. The van der Waals surface area contributed by atoms with Crippen molar-refractivity contribution in [2.75, 3.05) is 13.1 Å². The molecule has 2 atom stereocenters. The smallest absolute Gasteiger partial charge is 0.228 e. The molecule has 0 radical (unpaired) electrons. The van der Waals surface area contributed by atoms with Crippen molar-refractivity contribution in [2.45, 2.75) is 32.4 Å². The van der Waals surface area contributed by atoms with Crippen molar-refractivity contribution in [2.24, 2.45) is 5.92 Å². The molecule has 4 rings (SSSR count). The van der Waals surface area contributed by atoms with E-state index in [1.54, 1.807) is 0 Å². The normalized spacial score (nSPS) is 23.3. The van der Waals surface area contributed by atoms with Crippen LogP contribution in [0.5, 0.6) is 0 Å². The number of hydrogen-bond acceptors (Lipinski definition) is 2. The van der Waals surface area contributed by atoms with Crippen LogP contribution in [0.1, 0.15) is 23.2 Å². The van der Waals surface area contributed by atoms with Gasteiger partial charge in [-0.3, -0.25) is 9.89 Å². The van der Waals surface area contributed by atoms with Gasteiger partial charge in [0.1, 0.15) is 6.17 Å². The Morgan fingerprint density at radius 1 is 1.26 bits per heavy atom. The van der Waals surface area contributed by atoms with Gasteiger partial charge in [-0.25, -0.2) is 4.39 Å². The number of aromatic amines is 1. The zero-order valence-electron chi connectivity index (χ0n) is 13.2. The Kier molecular flexibility index (Phi) is 3.43. The number of carbonyl (C=O) groups is 1. The fourth-order valence-electron chi connectivity index (χ4n) is 3.31. The Bertz CT molecular complexity index is 737. The van der Waals surface area contributed by atoms with Gasteiger partial charge >= 0.3 is 0 Å². The van der Waals surface area contributed by atoms with Gasteiger partial charge < -0.3 is 4.90 Å². The summed E-state index contributed by atoms with van der Waals surface area (Å²) in [6.45, 7) is 3.35. The first-order chi connectivity index (χ1) is 11.1. The maximum absolute atomic E-state index is 13.1. The van der Waals surface area contributed by atoms with E-state index in [1.165, 1.54) is 11.1 Å². The Balaban J connectivity index is 1.55. The Morgan fingerprint density at radius 3 is 2.65 bits per heavy atom. The summed E-state index contributed by atoms with van der Waals surface area (Å²) in [5, 5.41) is 7.61. The van der Waals surface area contributed by atoms with Gasteiger partial charge in [0.15, 0.2) is 0 Å². The molecule has 0 unspecified atom stereocenters. The van der Waals surface area contributed by atoms with Crippen molar-refractivity contribution >= 4 is 5.91 Å². The largest absolute Gasteiger partial charge is 0.342 e. The molecule has 2 aliphatic rings. The van der Waals surface area contributed by atoms with Gasteiger partial charge in [-0.15, -0.1) is 0 Å². The summed E-state index contributed by atoms with van der Waals surface area (Å²) in [5.74, 6) is -0.409. The van der Waals surface area contributed by atoms with E-state index in [0.717, 1.165) is 29.8 Å². The maximum Gasteiger partial charge on any atom is 0.228 e. The van der Waals surface area contributed by atoms with Crippen molar-refractivity contribution in [3.8, 4) is 11.3 Å². The van der Waals surface area contributed by atoms with Crippen LogP contribution in [0, 0.1) is 12.8 Å². The Morgan fingerprint density at radius 2 is 1.96 bits per heavy atom. The topological polar surface area (TPSA) is 49.0 Å². The van der Waals surface area contributed by atoms with Crippen LogP contribution < -0.4 is 0 Å². The molecule has 1 fully saturated rings. The number of aromatic nitrogens is 2. The predicted octanol–water partition coefficient (Wildman–Crippen LogP) is 2.67. The fraction of sp³-hybridized carbons (Fsp3) is 0.444. The van der Waals surface area contributed by atoms with Crippen molar-refractivity contribution in [3.05, 3.63) is 41.1 Å². The number of alkyl halides is 1. The zero-order chi connectivity index (χ0) is 16.0. The lowest BCUT2D eigenvalue weighted by Crippen LogP contribution is -2.35. The average Bonchev–Trinajstić information content (AvgIpc) is 3.21. The summed E-state index contributed by atoms with van der Waals surface area (Å²) in [7, 11) is 0. The summed E-state index contributed by atoms with van der Waals surface area (Å²) in [4.78, 5) is 14.1. The van der Waals surface area contributed by atoms with E-state index in [0.29, 0.717) is 19.5 Å². The van der Waals surface area contributed by atoms with Crippen LogP contribution in [0.2, 0.25) is 0 Å². The summed E-state index contributed by atoms with van der Waals surface area (Å²) in [5.41, 5.74) is 5.58. The van der Waals surface area contributed by atoms with Gasteiger partial charge in [0.2, 0.25) is 5.91 Å². The molecular formula is C18H20FN3O. The number of halogens is 1. The molecule has 0 spiro atoms. The third kappa shape index (κ3) is 2.64. The van der Waals surface area contributed by atoms with Gasteiger partial charge in [-0.2, -0.15) is 5.10 Å². The first-order valence-corrected chi connectivity index (χ1v) is 8.19. The minimum atomic E-state index is -0.923. The number of rotatable bonds is 2. The zero-order valence-corrected chi connectivity index (χ0v) is 13.2. The van der Waals surface area contributed by atoms with Gasteiger partial charge in [0, 0.05) is 36.3 Å². The molecule has 1 N–H and O–H groups in total. The second kappa shape index (κ2) is 5.48. The molecule has 1 amide bonds. The number of H-pyrrole nitrogens is 1. The highest BCUT2D eigenvalue weighted by atomic mass is 19.1. The highest BCUT2D eigenvalue weighted by Crippen LogP contribution is 2.36. The van der Waals surface area contributed by atoms with E-state index < -0.39 is 6.17 Å². The number of fused-ring (bicyclic) bond motifs is 1. The molecule has 1 aliphatic carbocycles. The quantitative estimate of drug-likeness (QED) is 0.926. The molecule has 2 aromatic rings. The predicted molar refractivity (Wildman–Crippen MR) is 85.8 cm³/mol. The molecule has 23 heavy (non-hydrogen) atoms. The summed E-state index contributed by atoms with van der Waals surface area (Å²) in [6.07, 6.45) is 0.999. The average molecular weight is 313 g/mol. The number of nitrogens with zero attached hydrogens (tertiary/aromatic N) is 2. The maximum atomic E-state index is 13.1. The summed E-state index contributed by atoms with van der Waals surface area (Å²) < 4.78 is 13.1. The van der Waals surface area contributed by atoms with E-state index >= 15 is 0 Å². The monoisotopic (exact) mass is 313 g/mol. The van der Waals surface area contributed by atoms with Crippen molar-refractivity contribution in [1.29, 1.82) is 0 Å². The molecule has 4 nitrogen and oxygen atoms in total. The first kappa shape index (κ1) is 14.4. The molecule has 1 aromatic carbocycles. The van der Waals surface area contributed by atoms with Crippen LogP contribution in [0.25, 0.3) is 11.3 Å². The fourth-order valence-corrected chi connectivity index (χ4v) is 3.31. The molecule has 1 aliphatic heterocycles. The minimum Gasteiger partial charge on any atom is -0.342 e. The van der Waals surface area contributed by atoms with E-state index in [4.69, 9.17) is 0 Å². The van der Waals surface area contributed by atoms with Crippen molar-refractivity contribution < 1.29 is 9.18 Å². The lowest BCUT2D eigenvalue weighted by molar-refractivity contribution is -0.132. The van der Waals surface area contributed by atoms with E-state index in [-0.39, 0.29) is 11.8 Å². The number of carbonyl (C=O) groups excluding carboxylic acids is 1. The standard InChI is InChI=1S/C18H20FN3O/c1-11-2-4-12(5-3-11)17-13-6-8-22(9-7-16(13)20-21-17)18(23)14-10-15(14)19/h2-5,14-15H,6-10H2,1H3,(H,20,21)/t14-,15-/m1/s1. The van der Waals surface area contributed by atoms with Gasteiger partial charge in [0.25, 0.3) is 0 Å². The lowest BCUT2D eigenvalue weighted by Gasteiger charge is -2.20. The third-order valence-corrected chi connectivity index (χ3v) is 4.88. The number of amides is 1. The molecule has 5 heteroatoms. The highest BCUT2D eigenvalue weighted by molar-refractivity contribution is 5.82. The molecule has 0 bridgehead atoms. The van der Waals surface area contributed by atoms with E-state index in [9.17, 15) is 9.18 Å². The first-order valence-electron chi connectivity index (χ1n) is 8.19. The number of hydrogen-bond donors (Lipinski definition) is 1. The van der Waals surface area contributed by atoms with E-state index in [2.05, 4.69) is 41.4 Å². The van der Waals surface area contributed by atoms with Crippen LogP contribution in [0.3, 0.4) is 0 Å². The molecule has 1 saturated carbocycles. The van der Waals surface area contributed by atoms with Crippen LogP contribution in [-0.2, 0) is 17.6 Å². The molecule has 2 heterocycles. The van der Waals surface area contributed by atoms with Crippen LogP contribution in [0.4, 0.5) is 4.39 Å². The molecular weight excluding hydrogens is 293 g/mol. The number of benzene rings is 1. The van der Waals surface area contributed by atoms with Gasteiger partial charge in [-0.05, 0) is 19.8 Å². The number of nitrogens with one attached hydrogen (secondary N) is 1. The van der Waals surface area contributed by atoms with E-state index in [1.807, 2.05) is 4.90 Å². The summed E-state index contributed by atoms with van der Waals surface area (Å²) >= 11 is 0. The second-order valence-corrected chi connectivity index (χ2v) is 6.58. The van der Waals surface area contributed by atoms with Crippen LogP contribution in [0.15, 0.2) is 24.3 Å². The Labute approximate surface area is 134 Å². The SMILES string of the molecule is Cc1ccc(-c2n[nH]c3c2CCN(C(=O)[C@@H]2C[C@H]2F)CC3)cc1. The molecule has 1 aromatic heterocycles. The lowest BCUT2D eigenvalue weighted by atomic mass is 10.0. The summed E-state index contributed by atoms with van der Waals surface area (Å²) in [6, 6.07) is 8.32. The number of aryl methyl sites for hydroxylation is 1.